The third kappa shape index (κ3) is 5.29. The zero-order valence-corrected chi connectivity index (χ0v) is 14.1. The Hall–Kier alpha value is -0.720. The summed E-state index contributed by atoms with van der Waals surface area (Å²) in [6, 6.07) is 4.21. The predicted molar refractivity (Wildman–Crippen MR) is 88.6 cm³/mol. The van der Waals surface area contributed by atoms with E-state index in [2.05, 4.69) is 66.0 Å². The Labute approximate surface area is 127 Å². The standard InChI is InChI=1S/C13H24N4.HI/c1-5-9-15-13(14-6-2)17(4)11-12-8-7-10-16(12)3;/h7-8,10H,5-6,9,11H2,1-4H3,(H,14,15);1H. The molecule has 0 aliphatic carbocycles. The number of nitrogens with zero attached hydrogens (tertiary/aromatic N) is 3. The molecule has 0 aliphatic rings. The summed E-state index contributed by atoms with van der Waals surface area (Å²) in [7, 11) is 4.14. The highest BCUT2D eigenvalue weighted by atomic mass is 127. The van der Waals surface area contributed by atoms with Crippen LogP contribution in [0.2, 0.25) is 0 Å². The summed E-state index contributed by atoms with van der Waals surface area (Å²) >= 11 is 0. The van der Waals surface area contributed by atoms with Crippen molar-refractivity contribution >= 4 is 29.9 Å². The maximum atomic E-state index is 4.56. The van der Waals surface area contributed by atoms with Gasteiger partial charge in [-0.05, 0) is 25.5 Å². The van der Waals surface area contributed by atoms with E-state index in [1.54, 1.807) is 0 Å². The second-order valence-corrected chi connectivity index (χ2v) is 4.20. The number of hydrogen-bond acceptors (Lipinski definition) is 1. The molecule has 0 atom stereocenters. The van der Waals surface area contributed by atoms with Crippen LogP contribution in [0, 0.1) is 0 Å². The Balaban J connectivity index is 0.00000289. The highest BCUT2D eigenvalue weighted by Gasteiger charge is 2.07. The molecule has 1 aromatic heterocycles. The molecule has 1 heterocycles. The number of guanidine groups is 1. The maximum absolute atomic E-state index is 4.56. The van der Waals surface area contributed by atoms with Crippen molar-refractivity contribution in [3.05, 3.63) is 24.0 Å². The van der Waals surface area contributed by atoms with Gasteiger partial charge in [-0.25, -0.2) is 0 Å². The summed E-state index contributed by atoms with van der Waals surface area (Å²) in [6.45, 7) is 6.89. The molecule has 104 valence electrons. The molecule has 0 saturated carbocycles. The second kappa shape index (κ2) is 9.24. The van der Waals surface area contributed by atoms with Gasteiger partial charge in [-0.15, -0.1) is 24.0 Å². The summed E-state index contributed by atoms with van der Waals surface area (Å²) < 4.78 is 2.14. The molecule has 1 aromatic rings. The molecule has 4 nitrogen and oxygen atoms in total. The van der Waals surface area contributed by atoms with E-state index >= 15 is 0 Å². The van der Waals surface area contributed by atoms with Crippen molar-refractivity contribution in [1.29, 1.82) is 0 Å². The average molecular weight is 364 g/mol. The average Bonchev–Trinajstić information content (AvgIpc) is 2.70. The Morgan fingerprint density at radius 2 is 2.17 bits per heavy atom. The van der Waals surface area contributed by atoms with E-state index in [0.29, 0.717) is 0 Å². The largest absolute Gasteiger partial charge is 0.357 e. The molecule has 0 aromatic carbocycles. The topological polar surface area (TPSA) is 32.6 Å². The fourth-order valence-electron chi connectivity index (χ4n) is 1.67. The minimum absolute atomic E-state index is 0. The van der Waals surface area contributed by atoms with E-state index in [1.807, 2.05) is 0 Å². The molecule has 0 bridgehead atoms. The summed E-state index contributed by atoms with van der Waals surface area (Å²) in [6.07, 6.45) is 3.15. The van der Waals surface area contributed by atoms with Crippen LogP contribution >= 0.6 is 24.0 Å². The smallest absolute Gasteiger partial charge is 0.194 e. The van der Waals surface area contributed by atoms with Crippen molar-refractivity contribution in [2.75, 3.05) is 20.1 Å². The van der Waals surface area contributed by atoms with Gasteiger partial charge in [0.15, 0.2) is 5.96 Å². The van der Waals surface area contributed by atoms with Gasteiger partial charge in [0.1, 0.15) is 0 Å². The molecule has 0 saturated heterocycles. The molecule has 0 amide bonds. The molecule has 5 heteroatoms. The summed E-state index contributed by atoms with van der Waals surface area (Å²) in [5.74, 6) is 0.982. The van der Waals surface area contributed by atoms with Crippen molar-refractivity contribution in [2.24, 2.45) is 12.0 Å². The molecule has 1 N–H and O–H groups in total. The lowest BCUT2D eigenvalue weighted by atomic mass is 10.4. The fraction of sp³-hybridized carbons (Fsp3) is 0.615. The lowest BCUT2D eigenvalue weighted by molar-refractivity contribution is 0.462. The van der Waals surface area contributed by atoms with Crippen molar-refractivity contribution in [3.63, 3.8) is 0 Å². The zero-order valence-electron chi connectivity index (χ0n) is 11.8. The quantitative estimate of drug-likeness (QED) is 0.495. The fourth-order valence-corrected chi connectivity index (χ4v) is 1.67. The normalized spacial score (nSPS) is 11.0. The lowest BCUT2D eigenvalue weighted by Gasteiger charge is -2.22. The zero-order chi connectivity index (χ0) is 12.7. The minimum atomic E-state index is 0. The van der Waals surface area contributed by atoms with Gasteiger partial charge in [0.25, 0.3) is 0 Å². The van der Waals surface area contributed by atoms with E-state index in [0.717, 1.165) is 32.0 Å². The third-order valence-electron chi connectivity index (χ3n) is 2.63. The van der Waals surface area contributed by atoms with Crippen molar-refractivity contribution in [1.82, 2.24) is 14.8 Å². The first-order valence-corrected chi connectivity index (χ1v) is 6.28. The number of aryl methyl sites for hydroxylation is 1. The van der Waals surface area contributed by atoms with E-state index in [1.165, 1.54) is 5.69 Å². The van der Waals surface area contributed by atoms with Gasteiger partial charge in [-0.2, -0.15) is 0 Å². The third-order valence-corrected chi connectivity index (χ3v) is 2.63. The molecular formula is C13H25IN4. The first-order chi connectivity index (χ1) is 8.19. The highest BCUT2D eigenvalue weighted by molar-refractivity contribution is 14.0. The van der Waals surface area contributed by atoms with Crippen LogP contribution in [-0.4, -0.2) is 35.6 Å². The number of aromatic nitrogens is 1. The Bertz CT molecular complexity index is 360. The number of halogens is 1. The van der Waals surface area contributed by atoms with Crippen LogP contribution in [0.25, 0.3) is 0 Å². The summed E-state index contributed by atoms with van der Waals surface area (Å²) in [5, 5.41) is 3.32. The van der Waals surface area contributed by atoms with Crippen molar-refractivity contribution < 1.29 is 0 Å². The van der Waals surface area contributed by atoms with Crippen LogP contribution in [0.15, 0.2) is 23.3 Å². The predicted octanol–water partition coefficient (Wildman–Crippen LogP) is 2.45. The van der Waals surface area contributed by atoms with Crippen LogP contribution in [0.5, 0.6) is 0 Å². The van der Waals surface area contributed by atoms with Gasteiger partial charge in [0.2, 0.25) is 0 Å². The van der Waals surface area contributed by atoms with Gasteiger partial charge in [-0.3, -0.25) is 4.99 Å². The summed E-state index contributed by atoms with van der Waals surface area (Å²) in [5.41, 5.74) is 1.29. The van der Waals surface area contributed by atoms with Gasteiger partial charge < -0.3 is 14.8 Å². The number of nitrogens with one attached hydrogen (secondary N) is 1. The SMILES string of the molecule is CCCN=C(NCC)N(C)Cc1cccn1C.I. The van der Waals surface area contributed by atoms with Crippen molar-refractivity contribution in [2.45, 2.75) is 26.8 Å². The first kappa shape index (κ1) is 17.3. The van der Waals surface area contributed by atoms with Crippen LogP contribution < -0.4 is 5.32 Å². The van der Waals surface area contributed by atoms with Crippen LogP contribution in [-0.2, 0) is 13.6 Å². The minimum Gasteiger partial charge on any atom is -0.357 e. The monoisotopic (exact) mass is 364 g/mol. The Kier molecular flexibility index (Phi) is 8.87. The molecule has 0 fully saturated rings. The Morgan fingerprint density at radius 3 is 2.67 bits per heavy atom. The van der Waals surface area contributed by atoms with Crippen LogP contribution in [0.4, 0.5) is 0 Å². The van der Waals surface area contributed by atoms with E-state index < -0.39 is 0 Å². The number of hydrogen-bond donors (Lipinski definition) is 1. The van der Waals surface area contributed by atoms with Gasteiger partial charge in [0.05, 0.1) is 6.54 Å². The van der Waals surface area contributed by atoms with Gasteiger partial charge >= 0.3 is 0 Å². The van der Waals surface area contributed by atoms with Crippen molar-refractivity contribution in [3.8, 4) is 0 Å². The molecule has 1 rings (SSSR count). The highest BCUT2D eigenvalue weighted by Crippen LogP contribution is 2.03. The van der Waals surface area contributed by atoms with Gasteiger partial charge in [0, 0.05) is 39.1 Å². The maximum Gasteiger partial charge on any atom is 0.194 e. The molecular weight excluding hydrogens is 339 g/mol. The molecule has 0 spiro atoms. The van der Waals surface area contributed by atoms with Crippen LogP contribution in [0.1, 0.15) is 26.0 Å². The first-order valence-electron chi connectivity index (χ1n) is 6.28. The summed E-state index contributed by atoms with van der Waals surface area (Å²) in [4.78, 5) is 6.73. The lowest BCUT2D eigenvalue weighted by Crippen LogP contribution is -2.38. The van der Waals surface area contributed by atoms with E-state index in [-0.39, 0.29) is 24.0 Å². The van der Waals surface area contributed by atoms with E-state index in [4.69, 9.17) is 0 Å². The Morgan fingerprint density at radius 1 is 1.44 bits per heavy atom. The van der Waals surface area contributed by atoms with Gasteiger partial charge in [-0.1, -0.05) is 6.92 Å². The molecule has 0 aliphatic heterocycles. The van der Waals surface area contributed by atoms with E-state index in [9.17, 15) is 0 Å². The number of aliphatic imine (C=N–C) groups is 1. The molecule has 0 radical (unpaired) electrons. The number of rotatable bonds is 5. The molecule has 0 unspecified atom stereocenters. The van der Waals surface area contributed by atoms with Crippen LogP contribution in [0.3, 0.4) is 0 Å². The second-order valence-electron chi connectivity index (χ2n) is 4.20. The molecule has 18 heavy (non-hydrogen) atoms.